The van der Waals surface area contributed by atoms with Gasteiger partial charge in [0.25, 0.3) is 0 Å². The van der Waals surface area contributed by atoms with Crippen LogP contribution in [0.5, 0.6) is 0 Å². The van der Waals surface area contributed by atoms with Gasteiger partial charge in [0.15, 0.2) is 11.6 Å². The number of Topliss-reactive ketones (excluding diaryl/α,β-unsaturated/α-hetero) is 2. The van der Waals surface area contributed by atoms with E-state index in [2.05, 4.69) is 294 Å². The standard InChI is InChI=1S/C94H128O2P2/c1-49(2)65-37-73(53(9)10)89(74(38-65)54(11)12)97(90-75(55(13)14)39-66(50(3)4)40-76(90)56(15)16)93-81(61(25)26)45-69(46-82(93)62(27)28)85-86(88(96)72-36-34-33-35-71(72)87(85)95)70-47-83(63(29)30)94(84(48-70)64(31)32)98(91-77(57(17)18)41-67(51(5)6)42-78(91)58(19)20)92-79(59(21)22)43-68(52(7)8)44-80(92)60(23)24/h33-64H,1-32H3. The molecule has 4 heteroatoms. The molecule has 7 aromatic carbocycles. The number of rotatable bonds is 24. The molecule has 526 valence electrons. The molecule has 0 saturated carbocycles. The molecule has 8 rings (SSSR count). The van der Waals surface area contributed by atoms with Gasteiger partial charge in [-0.25, -0.2) is 0 Å². The zero-order valence-electron chi connectivity index (χ0n) is 67.2. The monoisotopic (exact) mass is 1350 g/mol. The van der Waals surface area contributed by atoms with Crippen LogP contribution in [0.4, 0.5) is 0 Å². The Balaban J connectivity index is 1.63. The summed E-state index contributed by atoms with van der Waals surface area (Å²) in [7, 11) is -2.50. The van der Waals surface area contributed by atoms with E-state index in [0.29, 0.717) is 45.9 Å². The highest BCUT2D eigenvalue weighted by molar-refractivity contribution is 7.81. The van der Waals surface area contributed by atoms with Gasteiger partial charge in [0.05, 0.1) is 0 Å². The Bertz CT molecular complexity index is 3530. The van der Waals surface area contributed by atoms with E-state index in [1.165, 1.54) is 121 Å². The second-order valence-corrected chi connectivity index (χ2v) is 38.3. The number of hydrogen-bond acceptors (Lipinski definition) is 2. The van der Waals surface area contributed by atoms with Crippen molar-refractivity contribution < 1.29 is 9.59 Å². The van der Waals surface area contributed by atoms with E-state index >= 15 is 9.59 Å². The number of carbonyl (C=O) groups excluding carboxylic acids is 2. The van der Waals surface area contributed by atoms with Crippen molar-refractivity contribution in [3.8, 4) is 0 Å². The molecule has 98 heavy (non-hydrogen) atoms. The van der Waals surface area contributed by atoms with Crippen molar-refractivity contribution in [1.82, 2.24) is 0 Å². The van der Waals surface area contributed by atoms with E-state index in [1.807, 2.05) is 24.3 Å². The van der Waals surface area contributed by atoms with Gasteiger partial charge in [-0.1, -0.05) is 319 Å². The Morgan fingerprint density at radius 1 is 0.204 bits per heavy atom. The molecule has 0 spiro atoms. The maximum Gasteiger partial charge on any atom is 0.195 e. The van der Waals surface area contributed by atoms with Crippen LogP contribution in [0.1, 0.15) is 437 Å². The van der Waals surface area contributed by atoms with E-state index in [1.54, 1.807) is 0 Å². The smallest absolute Gasteiger partial charge is 0.195 e. The average Bonchev–Trinajstić information content (AvgIpc) is 0.728. The summed E-state index contributed by atoms with van der Waals surface area (Å²) in [5.74, 6) is 3.73. The fourth-order valence-corrected chi connectivity index (χ4v) is 23.5. The summed E-state index contributed by atoms with van der Waals surface area (Å²) in [5, 5.41) is 8.84. The van der Waals surface area contributed by atoms with E-state index in [4.69, 9.17) is 0 Å². The first-order chi connectivity index (χ1) is 45.7. The first-order valence-electron chi connectivity index (χ1n) is 38.3. The quantitative estimate of drug-likeness (QED) is 0.0565. The molecule has 0 amide bonds. The summed E-state index contributed by atoms with van der Waals surface area (Å²) in [4.78, 5) is 33.1. The molecule has 0 aliphatic heterocycles. The SMILES string of the molecule is CC(C)c1cc(C(C)C)c(P(c2c(C(C)C)cc(C3=C(c4cc(C(C)C)c(P(c5c(C(C)C)cc(C(C)C)cc5C(C)C)c5c(C(C)C)cc(C(C)C)cc5C(C)C)c(C(C)C)c4)C(=O)c4ccccc4C3=O)cc2C(C)C)c2c(C(C)C)cc(C(C)C)cc2C(C)C)c(C(C)C)c1. The summed E-state index contributed by atoms with van der Waals surface area (Å²) < 4.78 is 0. The van der Waals surface area contributed by atoms with Crippen LogP contribution in [-0.2, 0) is 0 Å². The molecule has 0 bridgehead atoms. The minimum atomic E-state index is -1.25. The van der Waals surface area contributed by atoms with Gasteiger partial charge in [-0.05, 0) is 242 Å². The van der Waals surface area contributed by atoms with Gasteiger partial charge >= 0.3 is 0 Å². The van der Waals surface area contributed by atoms with Gasteiger partial charge in [0.2, 0.25) is 0 Å². The number of allylic oxidation sites excluding steroid dienone is 2. The van der Waals surface area contributed by atoms with Gasteiger partial charge < -0.3 is 0 Å². The summed E-state index contributed by atoms with van der Waals surface area (Å²) in [6.45, 7) is 76.4. The minimum absolute atomic E-state index is 0.0683. The lowest BCUT2D eigenvalue weighted by molar-refractivity contribution is 0.101. The highest BCUT2D eigenvalue weighted by Crippen LogP contribution is 2.53. The van der Waals surface area contributed by atoms with Gasteiger partial charge in [0.1, 0.15) is 0 Å². The molecular formula is C94H128O2P2. The zero-order chi connectivity index (χ0) is 73.0. The van der Waals surface area contributed by atoms with Crippen molar-refractivity contribution in [3.05, 3.63) is 208 Å². The predicted octanol–water partition coefficient (Wildman–Crippen LogP) is 26.2. The van der Waals surface area contributed by atoms with Crippen LogP contribution >= 0.6 is 15.8 Å². The third-order valence-corrected chi connectivity index (χ3v) is 27.1. The molecule has 1 aliphatic carbocycles. The van der Waals surface area contributed by atoms with Crippen molar-refractivity contribution in [2.75, 3.05) is 0 Å². The van der Waals surface area contributed by atoms with Gasteiger partial charge in [-0.2, -0.15) is 0 Å². The normalized spacial score (nSPS) is 13.5. The van der Waals surface area contributed by atoms with Crippen LogP contribution in [0, 0.1) is 0 Å². The topological polar surface area (TPSA) is 34.1 Å². The fourth-order valence-electron chi connectivity index (χ4n) is 15.2. The van der Waals surface area contributed by atoms with Crippen molar-refractivity contribution in [2.24, 2.45) is 0 Å². The molecule has 0 saturated heterocycles. The summed E-state index contributed by atoms with van der Waals surface area (Å²) >= 11 is 0. The maximum absolute atomic E-state index is 16.6. The van der Waals surface area contributed by atoms with Crippen LogP contribution in [-0.4, -0.2) is 11.6 Å². The molecular weight excluding hydrogens is 1220 g/mol. The van der Waals surface area contributed by atoms with Crippen LogP contribution in [0.2, 0.25) is 0 Å². The van der Waals surface area contributed by atoms with E-state index in [9.17, 15) is 0 Å². The second kappa shape index (κ2) is 31.4. The largest absolute Gasteiger partial charge is 0.289 e. The fraction of sp³-hybridized carbons (Fsp3) is 0.511. The number of ketones is 2. The Morgan fingerprint density at radius 2 is 0.347 bits per heavy atom. The molecule has 0 unspecified atom stereocenters. The van der Waals surface area contributed by atoms with Crippen LogP contribution in [0.25, 0.3) is 11.1 Å². The maximum atomic E-state index is 16.6. The van der Waals surface area contributed by atoms with Crippen molar-refractivity contribution in [2.45, 2.75) is 316 Å². The molecule has 2 nitrogen and oxygen atoms in total. The molecule has 0 atom stereocenters. The molecule has 0 aromatic heterocycles. The molecule has 1 aliphatic rings. The molecule has 7 aromatic rings. The predicted molar refractivity (Wildman–Crippen MR) is 438 cm³/mol. The van der Waals surface area contributed by atoms with Gasteiger partial charge in [0, 0.05) is 22.3 Å². The van der Waals surface area contributed by atoms with Crippen LogP contribution < -0.4 is 31.8 Å². The number of fused-ring (bicyclic) bond motifs is 1. The number of hydrogen-bond donors (Lipinski definition) is 0. The average molecular weight is 1350 g/mol. The minimum Gasteiger partial charge on any atom is -0.289 e. The highest BCUT2D eigenvalue weighted by Gasteiger charge is 2.41. The van der Waals surface area contributed by atoms with Crippen molar-refractivity contribution in [3.63, 3.8) is 0 Å². The van der Waals surface area contributed by atoms with Crippen LogP contribution in [0.3, 0.4) is 0 Å². The Morgan fingerprint density at radius 3 is 0.480 bits per heavy atom. The lowest BCUT2D eigenvalue weighted by atomic mass is 9.76. The number of carbonyl (C=O) groups is 2. The van der Waals surface area contributed by atoms with Gasteiger partial charge in [-0.15, -0.1) is 0 Å². The Labute approximate surface area is 600 Å². The third-order valence-electron chi connectivity index (χ3n) is 21.3. The summed E-state index contributed by atoms with van der Waals surface area (Å²) in [5.41, 5.74) is 25.9. The van der Waals surface area contributed by atoms with Crippen molar-refractivity contribution in [1.29, 1.82) is 0 Å². The Kier molecular flexibility index (Phi) is 25.0. The molecule has 0 heterocycles. The lowest BCUT2D eigenvalue weighted by Gasteiger charge is -2.37. The van der Waals surface area contributed by atoms with Gasteiger partial charge in [-0.3, -0.25) is 9.59 Å². The molecule has 0 fully saturated rings. The third kappa shape index (κ3) is 15.3. The lowest BCUT2D eigenvalue weighted by Crippen LogP contribution is -2.36. The zero-order valence-corrected chi connectivity index (χ0v) is 69.0. The number of benzene rings is 7. The van der Waals surface area contributed by atoms with Crippen LogP contribution in [0.15, 0.2) is 97.1 Å². The summed E-state index contributed by atoms with van der Waals surface area (Å²) in [6, 6.07) is 38.0. The van der Waals surface area contributed by atoms with E-state index in [-0.39, 0.29) is 82.6 Å². The Hall–Kier alpha value is -5.52. The first kappa shape index (κ1) is 78.2. The highest BCUT2D eigenvalue weighted by atomic mass is 31.1. The molecule has 0 radical (unpaired) electrons. The van der Waals surface area contributed by atoms with E-state index < -0.39 is 15.8 Å². The summed E-state index contributed by atoms with van der Waals surface area (Å²) in [6.07, 6.45) is 0. The van der Waals surface area contributed by atoms with E-state index in [0.717, 1.165) is 11.1 Å². The first-order valence-corrected chi connectivity index (χ1v) is 41.0. The van der Waals surface area contributed by atoms with Crippen molar-refractivity contribution >= 4 is 70.4 Å². The second-order valence-electron chi connectivity index (χ2n) is 34.3. The molecule has 0 N–H and O–H groups in total.